The van der Waals surface area contributed by atoms with Gasteiger partial charge in [0.1, 0.15) is 34.8 Å². The molecule has 1 atom stereocenters. The van der Waals surface area contributed by atoms with Crippen molar-refractivity contribution in [3.63, 3.8) is 0 Å². The Morgan fingerprint density at radius 2 is 1.84 bits per heavy atom. The van der Waals surface area contributed by atoms with Crippen LogP contribution in [-0.4, -0.2) is 52.9 Å². The topological polar surface area (TPSA) is 133 Å². The number of aromatic nitrogens is 2. The van der Waals surface area contributed by atoms with Gasteiger partial charge in [0.15, 0.2) is 0 Å². The highest BCUT2D eigenvalue weighted by atomic mass is 16.6. The Morgan fingerprint density at radius 3 is 2.46 bits per heavy atom. The van der Waals surface area contributed by atoms with Gasteiger partial charge in [0.05, 0.1) is 19.5 Å². The summed E-state index contributed by atoms with van der Waals surface area (Å²) in [5, 5.41) is 5.51. The third-order valence-electron chi connectivity index (χ3n) is 7.13. The van der Waals surface area contributed by atoms with Crippen LogP contribution in [0.4, 0.5) is 10.5 Å². The molecule has 3 heterocycles. The molecule has 1 unspecified atom stereocenters. The minimum atomic E-state index is -0.810. The number of hydrogen-bond donors (Lipinski definition) is 2. The highest BCUT2D eigenvalue weighted by Gasteiger charge is 2.73. The summed E-state index contributed by atoms with van der Waals surface area (Å²) >= 11 is 0. The Kier molecular flexibility index (Phi) is 5.58. The molecule has 196 valence electrons. The Hall–Kier alpha value is -3.89. The number of benzene rings is 1. The lowest BCUT2D eigenvalue weighted by molar-refractivity contribution is -0.0478. The maximum atomic E-state index is 12.8. The average molecular weight is 510 g/mol. The molecule has 3 aliphatic rings. The molecule has 2 amide bonds. The normalized spacial score (nSPS) is 22.3. The quantitative estimate of drug-likeness (QED) is 0.638. The van der Waals surface area contributed by atoms with Crippen molar-refractivity contribution < 1.29 is 28.5 Å². The molecule has 37 heavy (non-hydrogen) atoms. The first kappa shape index (κ1) is 24.8. The van der Waals surface area contributed by atoms with Gasteiger partial charge in [-0.15, -0.1) is 0 Å². The summed E-state index contributed by atoms with van der Waals surface area (Å²) in [6.07, 6.45) is 3.85. The summed E-state index contributed by atoms with van der Waals surface area (Å²) in [6.45, 7) is 9.69. The SMILES string of the molecule is COc1cnc(C(=O)Nc2ccc3c(c2)C2(COC(NC(=O)OC(C)(C)C)=N2)C2(CC2)C(C)(C)O3)cn1. The van der Waals surface area contributed by atoms with E-state index in [4.69, 9.17) is 23.9 Å². The predicted molar refractivity (Wildman–Crippen MR) is 134 cm³/mol. The zero-order valence-corrected chi connectivity index (χ0v) is 21.8. The second-order valence-corrected chi connectivity index (χ2v) is 11.0. The van der Waals surface area contributed by atoms with Crippen molar-refractivity contribution in [1.29, 1.82) is 0 Å². The minimum absolute atomic E-state index is 0.104. The Bertz CT molecular complexity index is 1280. The van der Waals surface area contributed by atoms with Crippen molar-refractivity contribution in [3.05, 3.63) is 41.9 Å². The van der Waals surface area contributed by atoms with Gasteiger partial charge in [-0.2, -0.15) is 0 Å². The second-order valence-electron chi connectivity index (χ2n) is 11.0. The fourth-order valence-corrected chi connectivity index (χ4v) is 5.27. The highest BCUT2D eigenvalue weighted by Crippen LogP contribution is 2.71. The fourth-order valence-electron chi connectivity index (χ4n) is 5.27. The molecule has 1 fully saturated rings. The van der Waals surface area contributed by atoms with Crippen molar-refractivity contribution in [2.75, 3.05) is 19.0 Å². The summed E-state index contributed by atoms with van der Waals surface area (Å²) in [6, 6.07) is 5.54. The van der Waals surface area contributed by atoms with E-state index in [0.717, 1.165) is 18.4 Å². The second kappa shape index (κ2) is 8.32. The third-order valence-corrected chi connectivity index (χ3v) is 7.13. The fraction of sp³-hybridized carbons (Fsp3) is 0.500. The van der Waals surface area contributed by atoms with Gasteiger partial charge in [0.25, 0.3) is 11.9 Å². The van der Waals surface area contributed by atoms with E-state index >= 15 is 0 Å². The molecule has 2 N–H and O–H groups in total. The third kappa shape index (κ3) is 4.21. The number of nitrogens with one attached hydrogen (secondary N) is 2. The van der Waals surface area contributed by atoms with Crippen molar-refractivity contribution in [3.8, 4) is 11.6 Å². The van der Waals surface area contributed by atoms with Gasteiger partial charge in [-0.25, -0.2) is 25.1 Å². The van der Waals surface area contributed by atoms with Crippen LogP contribution in [0.25, 0.3) is 0 Å². The zero-order chi connectivity index (χ0) is 26.6. The standard InChI is InChI=1S/C26H31N5O6/c1-23(2,3)37-22(33)30-21-31-26(14-35-21)16-11-15(29-20(32)17-12-28-19(34-6)13-27-17)7-8-18(16)36-24(4,5)25(26)9-10-25/h7-8,11-13H,9-10,14H2,1-6H3,(H,29,32)(H,30,31,33). The van der Waals surface area contributed by atoms with E-state index in [0.29, 0.717) is 17.3 Å². The van der Waals surface area contributed by atoms with E-state index in [1.54, 1.807) is 26.8 Å². The van der Waals surface area contributed by atoms with Crippen LogP contribution in [0.2, 0.25) is 0 Å². The lowest BCUT2D eigenvalue weighted by Crippen LogP contribution is -2.55. The van der Waals surface area contributed by atoms with Crippen molar-refractivity contribution in [2.24, 2.45) is 10.4 Å². The van der Waals surface area contributed by atoms with E-state index in [9.17, 15) is 9.59 Å². The Morgan fingerprint density at radius 1 is 1.08 bits per heavy atom. The van der Waals surface area contributed by atoms with Crippen LogP contribution in [0.5, 0.6) is 11.6 Å². The molecule has 11 nitrogen and oxygen atoms in total. The van der Waals surface area contributed by atoms with Gasteiger partial charge < -0.3 is 24.3 Å². The van der Waals surface area contributed by atoms with Crippen LogP contribution >= 0.6 is 0 Å². The van der Waals surface area contributed by atoms with E-state index in [1.165, 1.54) is 19.5 Å². The molecule has 0 bridgehead atoms. The number of carbonyl (C=O) groups is 2. The molecule has 1 aromatic carbocycles. The summed E-state index contributed by atoms with van der Waals surface area (Å²) in [5.41, 5.74) is -0.864. The van der Waals surface area contributed by atoms with Crippen LogP contribution in [0.15, 0.2) is 35.6 Å². The number of fused-ring (bicyclic) bond motifs is 3. The van der Waals surface area contributed by atoms with Crippen LogP contribution in [-0.2, 0) is 15.0 Å². The molecule has 0 radical (unpaired) electrons. The van der Waals surface area contributed by atoms with Crippen molar-refractivity contribution in [2.45, 2.75) is 64.2 Å². The molecule has 2 aliphatic heterocycles. The lowest BCUT2D eigenvalue weighted by atomic mass is 9.66. The molecule has 2 aromatic rings. The van der Waals surface area contributed by atoms with Crippen molar-refractivity contribution in [1.82, 2.24) is 15.3 Å². The summed E-state index contributed by atoms with van der Waals surface area (Å²) in [4.78, 5) is 38.3. The van der Waals surface area contributed by atoms with Crippen molar-refractivity contribution >= 4 is 23.7 Å². The van der Waals surface area contributed by atoms with Crippen LogP contribution in [0.1, 0.15) is 63.5 Å². The van der Waals surface area contributed by atoms with Crippen LogP contribution < -0.4 is 20.1 Å². The first-order valence-corrected chi connectivity index (χ1v) is 12.1. The number of methoxy groups -OCH3 is 1. The predicted octanol–water partition coefficient (Wildman–Crippen LogP) is 3.79. The number of amides is 2. The van der Waals surface area contributed by atoms with E-state index in [-0.39, 0.29) is 23.7 Å². The number of anilines is 1. The highest BCUT2D eigenvalue weighted by molar-refractivity contribution is 6.02. The summed E-state index contributed by atoms with van der Waals surface area (Å²) in [5.74, 6) is 0.549. The lowest BCUT2D eigenvalue weighted by Gasteiger charge is -2.49. The van der Waals surface area contributed by atoms with E-state index < -0.39 is 28.7 Å². The molecule has 1 aliphatic carbocycles. The van der Waals surface area contributed by atoms with Gasteiger partial charge in [0, 0.05) is 16.7 Å². The largest absolute Gasteiger partial charge is 0.487 e. The van der Waals surface area contributed by atoms with E-state index in [1.807, 2.05) is 12.1 Å². The molecule has 5 rings (SSSR count). The number of alkyl carbamates (subject to hydrolysis) is 1. The van der Waals surface area contributed by atoms with Gasteiger partial charge in [-0.05, 0) is 65.7 Å². The van der Waals surface area contributed by atoms with Gasteiger partial charge in [-0.3, -0.25) is 4.79 Å². The summed E-state index contributed by atoms with van der Waals surface area (Å²) in [7, 11) is 1.48. The summed E-state index contributed by atoms with van der Waals surface area (Å²) < 4.78 is 22.8. The number of carbonyl (C=O) groups excluding carboxylic acids is 2. The first-order chi connectivity index (χ1) is 17.4. The molecular weight excluding hydrogens is 478 g/mol. The van der Waals surface area contributed by atoms with Gasteiger partial charge >= 0.3 is 6.09 Å². The average Bonchev–Trinajstić information content (AvgIpc) is 3.55. The smallest absolute Gasteiger partial charge is 0.415 e. The van der Waals surface area contributed by atoms with Gasteiger partial charge in [-0.1, -0.05) is 0 Å². The Balaban J connectivity index is 1.48. The zero-order valence-electron chi connectivity index (χ0n) is 21.8. The maximum Gasteiger partial charge on any atom is 0.415 e. The number of ether oxygens (including phenoxy) is 4. The first-order valence-electron chi connectivity index (χ1n) is 12.1. The monoisotopic (exact) mass is 509 g/mol. The maximum absolute atomic E-state index is 12.8. The number of nitrogens with zero attached hydrogens (tertiary/aromatic N) is 3. The molecule has 0 saturated heterocycles. The van der Waals surface area contributed by atoms with Gasteiger partial charge in [0.2, 0.25) is 5.88 Å². The minimum Gasteiger partial charge on any atom is -0.487 e. The number of rotatable bonds is 3. The molecular formula is C26H31N5O6. The number of aliphatic imine (C=N–C) groups is 1. The number of amidine groups is 1. The Labute approximate surface area is 215 Å². The molecule has 1 saturated carbocycles. The van der Waals surface area contributed by atoms with Crippen LogP contribution in [0.3, 0.4) is 0 Å². The van der Waals surface area contributed by atoms with E-state index in [2.05, 4.69) is 34.4 Å². The molecule has 2 spiro atoms. The number of hydrogen-bond acceptors (Lipinski definition) is 9. The molecule has 11 heteroatoms. The van der Waals surface area contributed by atoms with Crippen LogP contribution in [0, 0.1) is 5.41 Å². The molecule has 1 aromatic heterocycles.